The molecule has 2 atom stereocenters. The number of carboxylic acids is 1. The molecule has 0 saturated heterocycles. The van der Waals surface area contributed by atoms with E-state index >= 15 is 0 Å². The quantitative estimate of drug-likeness (QED) is 0.785. The number of benzene rings is 1. The number of hydrogen-bond acceptors (Lipinski definition) is 6. The fraction of sp³-hybridized carbons (Fsp3) is 0.357. The van der Waals surface area contributed by atoms with Crippen molar-refractivity contribution in [1.29, 1.82) is 0 Å². The third kappa shape index (κ3) is 3.70. The molecular weight excluding hydrogens is 310 g/mol. The van der Waals surface area contributed by atoms with Crippen LogP contribution in [-0.2, 0) is 14.3 Å². The number of amides is 1. The lowest BCUT2D eigenvalue weighted by atomic mass is 10.2. The fourth-order valence-electron chi connectivity index (χ4n) is 1.90. The molecule has 0 spiro atoms. The first-order chi connectivity index (χ1) is 10.3. The maximum Gasteiger partial charge on any atom is 0.345 e. The lowest BCUT2D eigenvalue weighted by Crippen LogP contribution is -2.43. The molecule has 0 bridgehead atoms. The van der Waals surface area contributed by atoms with Crippen molar-refractivity contribution in [3.8, 4) is 5.75 Å². The first-order valence-electron chi connectivity index (χ1n) is 6.49. The van der Waals surface area contributed by atoms with Gasteiger partial charge in [0.25, 0.3) is 0 Å². The van der Waals surface area contributed by atoms with Gasteiger partial charge in [0.15, 0.2) is 0 Å². The maximum atomic E-state index is 12.0. The van der Waals surface area contributed by atoms with Gasteiger partial charge in [-0.1, -0.05) is 23.9 Å². The van der Waals surface area contributed by atoms with E-state index in [1.165, 1.54) is 6.92 Å². The van der Waals surface area contributed by atoms with E-state index in [1.54, 1.807) is 31.2 Å². The Kier molecular flexibility index (Phi) is 4.60. The number of fused-ring (bicyclic) bond motifs is 1. The SMILES string of the molecule is C[C@H](S[C@]1(C)OC(=O)c2ccccc2O1)C(=O)NCC(=O)O. The molecule has 0 fully saturated rings. The second-order valence-electron chi connectivity index (χ2n) is 4.72. The second kappa shape index (κ2) is 6.27. The van der Waals surface area contributed by atoms with E-state index in [9.17, 15) is 14.4 Å². The van der Waals surface area contributed by atoms with E-state index in [2.05, 4.69) is 5.32 Å². The van der Waals surface area contributed by atoms with Crippen LogP contribution in [0, 0.1) is 0 Å². The van der Waals surface area contributed by atoms with Crippen LogP contribution in [0.25, 0.3) is 0 Å². The van der Waals surface area contributed by atoms with Crippen molar-refractivity contribution in [2.45, 2.75) is 24.2 Å². The minimum absolute atomic E-state index is 0.323. The lowest BCUT2D eigenvalue weighted by Gasteiger charge is -2.35. The predicted octanol–water partition coefficient (Wildman–Crippen LogP) is 1.23. The molecule has 2 rings (SSSR count). The van der Waals surface area contributed by atoms with Gasteiger partial charge in [0.1, 0.15) is 17.9 Å². The Hall–Kier alpha value is -2.22. The highest BCUT2D eigenvalue weighted by Crippen LogP contribution is 2.39. The van der Waals surface area contributed by atoms with Gasteiger partial charge in [0.2, 0.25) is 5.91 Å². The summed E-state index contributed by atoms with van der Waals surface area (Å²) in [4.78, 5) is 34.2. The van der Waals surface area contributed by atoms with Crippen molar-refractivity contribution in [3.05, 3.63) is 29.8 Å². The first-order valence-corrected chi connectivity index (χ1v) is 7.37. The topological polar surface area (TPSA) is 102 Å². The summed E-state index contributed by atoms with van der Waals surface area (Å²) in [6.45, 7) is 2.64. The van der Waals surface area contributed by atoms with Crippen molar-refractivity contribution < 1.29 is 29.0 Å². The molecule has 0 saturated carbocycles. The number of rotatable bonds is 5. The highest BCUT2D eigenvalue weighted by Gasteiger charge is 2.41. The molecule has 22 heavy (non-hydrogen) atoms. The third-order valence-electron chi connectivity index (χ3n) is 2.85. The smallest absolute Gasteiger partial charge is 0.345 e. The summed E-state index contributed by atoms with van der Waals surface area (Å²) in [5.41, 5.74) is 0.323. The van der Waals surface area contributed by atoms with Crippen LogP contribution in [0.15, 0.2) is 24.3 Å². The molecule has 8 heteroatoms. The standard InChI is InChI=1S/C14H15NO6S/c1-8(12(18)15-7-11(16)17)22-14(2)20-10-6-4-3-5-9(10)13(19)21-14/h3-6,8H,7H2,1-2H3,(H,15,18)(H,16,17)/t8-,14-/m0/s1. The van der Waals surface area contributed by atoms with E-state index in [1.807, 2.05) is 0 Å². The van der Waals surface area contributed by atoms with Crippen LogP contribution < -0.4 is 10.1 Å². The first kappa shape index (κ1) is 16.2. The highest BCUT2D eigenvalue weighted by atomic mass is 32.2. The van der Waals surface area contributed by atoms with Gasteiger partial charge in [-0.3, -0.25) is 9.59 Å². The summed E-state index contributed by atoms with van der Waals surface area (Å²) >= 11 is 0.980. The average molecular weight is 325 g/mol. The number of thioether (sulfide) groups is 1. The van der Waals surface area contributed by atoms with Gasteiger partial charge in [-0.15, -0.1) is 0 Å². The number of cyclic esters (lactones) is 1. The molecule has 1 aliphatic rings. The van der Waals surface area contributed by atoms with E-state index in [4.69, 9.17) is 14.6 Å². The number of aliphatic carboxylic acids is 1. The fourth-order valence-corrected chi connectivity index (χ4v) is 2.99. The Balaban J connectivity index is 2.05. The van der Waals surface area contributed by atoms with E-state index < -0.39 is 34.8 Å². The molecule has 1 aliphatic heterocycles. The van der Waals surface area contributed by atoms with E-state index in [0.717, 1.165) is 11.8 Å². The molecule has 0 aliphatic carbocycles. The number of carbonyl (C=O) groups is 3. The molecule has 1 aromatic carbocycles. The maximum absolute atomic E-state index is 12.0. The summed E-state index contributed by atoms with van der Waals surface area (Å²) < 4.78 is 10.9. The van der Waals surface area contributed by atoms with Gasteiger partial charge >= 0.3 is 17.1 Å². The Bertz CT molecular complexity index is 619. The van der Waals surface area contributed by atoms with Gasteiger partial charge in [-0.25, -0.2) is 4.79 Å². The summed E-state index contributed by atoms with van der Waals surface area (Å²) in [6, 6.07) is 6.65. The molecule has 1 heterocycles. The van der Waals surface area contributed by atoms with Crippen molar-refractivity contribution >= 4 is 29.6 Å². The van der Waals surface area contributed by atoms with Crippen molar-refractivity contribution in [2.24, 2.45) is 0 Å². The zero-order valence-corrected chi connectivity index (χ0v) is 12.8. The Labute approximate surface area is 131 Å². The van der Waals surface area contributed by atoms with Crippen LogP contribution in [-0.4, -0.2) is 39.9 Å². The molecule has 1 amide bonds. The number of carboxylic acid groups (broad SMARTS) is 1. The highest BCUT2D eigenvalue weighted by molar-refractivity contribution is 8.01. The summed E-state index contributed by atoms with van der Waals surface area (Å²) in [5.74, 6) is -1.76. The predicted molar refractivity (Wildman–Crippen MR) is 78.6 cm³/mol. The Morgan fingerprint density at radius 1 is 1.36 bits per heavy atom. The van der Waals surface area contributed by atoms with Gasteiger partial charge in [-0.2, -0.15) is 0 Å². The van der Waals surface area contributed by atoms with Crippen LogP contribution in [0.2, 0.25) is 0 Å². The minimum atomic E-state index is -1.36. The monoisotopic (exact) mass is 325 g/mol. The second-order valence-corrected chi connectivity index (χ2v) is 6.41. The van der Waals surface area contributed by atoms with Crippen LogP contribution >= 0.6 is 11.8 Å². The van der Waals surface area contributed by atoms with Crippen LogP contribution in [0.5, 0.6) is 5.75 Å². The molecule has 7 nitrogen and oxygen atoms in total. The zero-order chi connectivity index (χ0) is 16.3. The van der Waals surface area contributed by atoms with Gasteiger partial charge in [0, 0.05) is 6.92 Å². The third-order valence-corrected chi connectivity index (χ3v) is 4.02. The largest absolute Gasteiger partial charge is 0.480 e. The molecule has 118 valence electrons. The van der Waals surface area contributed by atoms with E-state index in [0.29, 0.717) is 11.3 Å². The number of hydrogen-bond donors (Lipinski definition) is 2. The van der Waals surface area contributed by atoms with Gasteiger partial charge < -0.3 is 19.9 Å². The summed E-state index contributed by atoms with van der Waals surface area (Å²) in [7, 11) is 0. The summed E-state index contributed by atoms with van der Waals surface area (Å²) in [5, 5.41) is 8.79. The number of esters is 1. The normalized spacial score (nSPS) is 21.1. The number of nitrogens with one attached hydrogen (secondary N) is 1. The van der Waals surface area contributed by atoms with Crippen molar-refractivity contribution in [1.82, 2.24) is 5.32 Å². The molecule has 2 N–H and O–H groups in total. The molecule has 0 aromatic heterocycles. The van der Waals surface area contributed by atoms with Gasteiger partial charge in [0.05, 0.1) is 5.25 Å². The Morgan fingerprint density at radius 3 is 2.73 bits per heavy atom. The van der Waals surface area contributed by atoms with Crippen LogP contribution in [0.1, 0.15) is 24.2 Å². The molecular formula is C14H15NO6S. The van der Waals surface area contributed by atoms with Crippen LogP contribution in [0.3, 0.4) is 0 Å². The average Bonchev–Trinajstić information content (AvgIpc) is 2.44. The van der Waals surface area contributed by atoms with Gasteiger partial charge in [-0.05, 0) is 19.1 Å². The van der Waals surface area contributed by atoms with Crippen molar-refractivity contribution in [2.75, 3.05) is 6.54 Å². The van der Waals surface area contributed by atoms with Crippen LogP contribution in [0.4, 0.5) is 0 Å². The molecule has 0 unspecified atom stereocenters. The molecule has 1 aromatic rings. The number of carbonyl (C=O) groups excluding carboxylic acids is 2. The zero-order valence-electron chi connectivity index (χ0n) is 12.0. The number of para-hydroxylation sites is 1. The number of ether oxygens (including phenoxy) is 2. The van der Waals surface area contributed by atoms with Crippen molar-refractivity contribution in [3.63, 3.8) is 0 Å². The summed E-state index contributed by atoms with van der Waals surface area (Å²) in [6.07, 6.45) is 0. The lowest BCUT2D eigenvalue weighted by molar-refractivity contribution is -0.137. The minimum Gasteiger partial charge on any atom is -0.480 e. The Morgan fingerprint density at radius 2 is 2.05 bits per heavy atom. The molecule has 0 radical (unpaired) electrons. The van der Waals surface area contributed by atoms with E-state index in [-0.39, 0.29) is 0 Å².